The molecule has 2 heterocycles. The Balaban J connectivity index is 2.30. The van der Waals surface area contributed by atoms with E-state index in [0.29, 0.717) is 0 Å². The molecule has 2 rings (SSSR count). The van der Waals surface area contributed by atoms with Gasteiger partial charge in [-0.2, -0.15) is 0 Å². The minimum absolute atomic E-state index is 0.116. The van der Waals surface area contributed by atoms with Crippen molar-refractivity contribution in [1.82, 2.24) is 20.3 Å². The summed E-state index contributed by atoms with van der Waals surface area (Å²) in [7, 11) is 0. The fraction of sp³-hybridized carbons (Fsp3) is 0.500. The number of nitrogens with one attached hydrogen (secondary N) is 2. The van der Waals surface area contributed by atoms with Gasteiger partial charge in [0.15, 0.2) is 5.65 Å². The molecular formula is C12H18N4. The molecule has 0 bridgehead atoms. The Morgan fingerprint density at radius 2 is 2.12 bits per heavy atom. The highest BCUT2D eigenvalue weighted by Gasteiger charge is 2.11. The Kier molecular flexibility index (Phi) is 2.68. The van der Waals surface area contributed by atoms with Crippen molar-refractivity contribution in [3.8, 4) is 0 Å². The molecule has 0 saturated heterocycles. The fourth-order valence-corrected chi connectivity index (χ4v) is 1.59. The SMILES string of the molecule is Cc1nc2nccc(CNC(C)(C)C)c2[nH]1. The maximum atomic E-state index is 4.32. The molecule has 4 heteroatoms. The quantitative estimate of drug-likeness (QED) is 0.812. The zero-order valence-corrected chi connectivity index (χ0v) is 10.3. The lowest BCUT2D eigenvalue weighted by atomic mass is 10.1. The maximum Gasteiger partial charge on any atom is 0.177 e. The summed E-state index contributed by atoms with van der Waals surface area (Å²) in [6.45, 7) is 9.24. The topological polar surface area (TPSA) is 53.6 Å². The number of hydrogen-bond acceptors (Lipinski definition) is 3. The van der Waals surface area contributed by atoms with Crippen molar-refractivity contribution < 1.29 is 0 Å². The zero-order chi connectivity index (χ0) is 11.8. The highest BCUT2D eigenvalue weighted by molar-refractivity contribution is 5.74. The van der Waals surface area contributed by atoms with Gasteiger partial charge in [-0.1, -0.05) is 0 Å². The smallest absolute Gasteiger partial charge is 0.177 e. The van der Waals surface area contributed by atoms with Crippen molar-refractivity contribution >= 4 is 11.2 Å². The Hall–Kier alpha value is -1.42. The second-order valence-corrected chi connectivity index (χ2v) is 5.09. The van der Waals surface area contributed by atoms with Gasteiger partial charge < -0.3 is 10.3 Å². The molecule has 0 amide bonds. The number of pyridine rings is 1. The lowest BCUT2D eigenvalue weighted by molar-refractivity contribution is 0.425. The summed E-state index contributed by atoms with van der Waals surface area (Å²) >= 11 is 0. The number of aryl methyl sites for hydroxylation is 1. The van der Waals surface area contributed by atoms with E-state index in [1.165, 1.54) is 5.56 Å². The van der Waals surface area contributed by atoms with Crippen molar-refractivity contribution in [2.75, 3.05) is 0 Å². The first-order chi connectivity index (χ1) is 7.46. The number of rotatable bonds is 2. The Morgan fingerprint density at radius 1 is 1.38 bits per heavy atom. The summed E-state index contributed by atoms with van der Waals surface area (Å²) in [5.41, 5.74) is 3.16. The third-order valence-electron chi connectivity index (χ3n) is 2.41. The largest absolute Gasteiger partial charge is 0.341 e. The van der Waals surface area contributed by atoms with Crippen LogP contribution >= 0.6 is 0 Å². The van der Waals surface area contributed by atoms with Crippen LogP contribution in [0.2, 0.25) is 0 Å². The minimum atomic E-state index is 0.116. The summed E-state index contributed by atoms with van der Waals surface area (Å²) < 4.78 is 0. The summed E-state index contributed by atoms with van der Waals surface area (Å²) in [5, 5.41) is 3.46. The summed E-state index contributed by atoms with van der Waals surface area (Å²) in [6.07, 6.45) is 1.81. The highest BCUT2D eigenvalue weighted by atomic mass is 15.0. The molecule has 0 radical (unpaired) electrons. The number of hydrogen-bond donors (Lipinski definition) is 2. The van der Waals surface area contributed by atoms with Crippen molar-refractivity contribution in [3.63, 3.8) is 0 Å². The summed E-state index contributed by atoms with van der Waals surface area (Å²) in [5.74, 6) is 0.908. The standard InChI is InChI=1S/C12H18N4/c1-8-15-10-9(7-14-12(2,3)4)5-6-13-11(10)16-8/h5-6,14H,7H2,1-4H3,(H,13,15,16). The van der Waals surface area contributed by atoms with Gasteiger partial charge in [0.05, 0.1) is 5.52 Å². The lowest BCUT2D eigenvalue weighted by Gasteiger charge is -2.20. The van der Waals surface area contributed by atoms with Crippen molar-refractivity contribution in [3.05, 3.63) is 23.7 Å². The van der Waals surface area contributed by atoms with Crippen LogP contribution in [0.1, 0.15) is 32.2 Å². The molecule has 0 aliphatic carbocycles. The minimum Gasteiger partial charge on any atom is -0.341 e. The third kappa shape index (κ3) is 2.39. The molecule has 16 heavy (non-hydrogen) atoms. The molecule has 0 saturated carbocycles. The normalized spacial score (nSPS) is 12.2. The van der Waals surface area contributed by atoms with Crippen LogP contribution in [0.3, 0.4) is 0 Å². The first-order valence-corrected chi connectivity index (χ1v) is 5.51. The average molecular weight is 218 g/mol. The number of fused-ring (bicyclic) bond motifs is 1. The molecule has 0 aliphatic heterocycles. The van der Waals surface area contributed by atoms with Crippen LogP contribution in [0.5, 0.6) is 0 Å². The van der Waals surface area contributed by atoms with Crippen LogP contribution in [0.25, 0.3) is 11.2 Å². The van der Waals surface area contributed by atoms with E-state index in [1.807, 2.05) is 19.2 Å². The number of aromatic nitrogens is 3. The molecule has 86 valence electrons. The Morgan fingerprint density at radius 3 is 2.81 bits per heavy atom. The molecule has 2 aromatic heterocycles. The summed E-state index contributed by atoms with van der Waals surface area (Å²) in [6, 6.07) is 2.03. The third-order valence-corrected chi connectivity index (χ3v) is 2.41. The number of aromatic amines is 1. The van der Waals surface area contributed by atoms with Gasteiger partial charge in [0.1, 0.15) is 5.82 Å². The predicted molar refractivity (Wildman–Crippen MR) is 65.2 cm³/mol. The van der Waals surface area contributed by atoms with Gasteiger partial charge in [-0.25, -0.2) is 9.97 Å². The Labute approximate surface area is 95.5 Å². The van der Waals surface area contributed by atoms with Crippen LogP contribution in [0.15, 0.2) is 12.3 Å². The van der Waals surface area contributed by atoms with Gasteiger partial charge in [0.2, 0.25) is 0 Å². The summed E-state index contributed by atoms with van der Waals surface area (Å²) in [4.78, 5) is 11.8. The molecular weight excluding hydrogens is 200 g/mol. The van der Waals surface area contributed by atoms with E-state index in [-0.39, 0.29) is 5.54 Å². The van der Waals surface area contributed by atoms with Crippen LogP contribution < -0.4 is 5.32 Å². The molecule has 2 aromatic rings. The number of H-pyrrole nitrogens is 1. The molecule has 0 spiro atoms. The van der Waals surface area contributed by atoms with E-state index in [2.05, 4.69) is 41.0 Å². The van der Waals surface area contributed by atoms with Crippen LogP contribution in [-0.4, -0.2) is 20.5 Å². The molecule has 0 aromatic carbocycles. The second-order valence-electron chi connectivity index (χ2n) is 5.09. The Bertz CT molecular complexity index is 493. The van der Waals surface area contributed by atoms with Crippen LogP contribution in [0.4, 0.5) is 0 Å². The van der Waals surface area contributed by atoms with E-state index < -0.39 is 0 Å². The first-order valence-electron chi connectivity index (χ1n) is 5.51. The van der Waals surface area contributed by atoms with Gasteiger partial charge in [-0.15, -0.1) is 0 Å². The van der Waals surface area contributed by atoms with Gasteiger partial charge in [-0.3, -0.25) is 0 Å². The molecule has 0 atom stereocenters. The van der Waals surface area contributed by atoms with Crippen molar-refractivity contribution in [1.29, 1.82) is 0 Å². The van der Waals surface area contributed by atoms with Crippen molar-refractivity contribution in [2.45, 2.75) is 39.8 Å². The van der Waals surface area contributed by atoms with Crippen LogP contribution in [-0.2, 0) is 6.54 Å². The zero-order valence-electron chi connectivity index (χ0n) is 10.3. The van der Waals surface area contributed by atoms with E-state index in [1.54, 1.807) is 0 Å². The predicted octanol–water partition coefficient (Wildman–Crippen LogP) is 2.15. The lowest BCUT2D eigenvalue weighted by Crippen LogP contribution is -2.35. The molecule has 4 nitrogen and oxygen atoms in total. The number of nitrogens with zero attached hydrogens (tertiary/aromatic N) is 2. The van der Waals surface area contributed by atoms with Gasteiger partial charge in [0.25, 0.3) is 0 Å². The van der Waals surface area contributed by atoms with E-state index in [4.69, 9.17) is 0 Å². The van der Waals surface area contributed by atoms with Gasteiger partial charge in [0, 0.05) is 18.3 Å². The van der Waals surface area contributed by atoms with Crippen molar-refractivity contribution in [2.24, 2.45) is 0 Å². The van der Waals surface area contributed by atoms with Gasteiger partial charge in [-0.05, 0) is 39.3 Å². The average Bonchev–Trinajstić information content (AvgIpc) is 2.54. The molecule has 0 fully saturated rings. The monoisotopic (exact) mass is 218 g/mol. The molecule has 2 N–H and O–H groups in total. The van der Waals surface area contributed by atoms with Gasteiger partial charge >= 0.3 is 0 Å². The molecule has 0 unspecified atom stereocenters. The molecule has 0 aliphatic rings. The van der Waals surface area contributed by atoms with E-state index in [9.17, 15) is 0 Å². The second kappa shape index (κ2) is 3.87. The van der Waals surface area contributed by atoms with Crippen LogP contribution in [0, 0.1) is 6.92 Å². The fourth-order valence-electron chi connectivity index (χ4n) is 1.59. The van der Waals surface area contributed by atoms with E-state index in [0.717, 1.165) is 23.5 Å². The highest BCUT2D eigenvalue weighted by Crippen LogP contribution is 2.14. The number of imidazole rings is 1. The maximum absolute atomic E-state index is 4.32. The first kappa shape index (κ1) is 11.1. The van der Waals surface area contributed by atoms with E-state index >= 15 is 0 Å².